The van der Waals surface area contributed by atoms with Crippen molar-refractivity contribution in [3.8, 4) is 0 Å². The SMILES string of the molecule is CC(C)(C)C1CCC(c2nc(CCl)cc(=O)[nH]2)CC1. The molecule has 1 aliphatic carbocycles. The lowest BCUT2D eigenvalue weighted by molar-refractivity contribution is 0.167. The summed E-state index contributed by atoms with van der Waals surface area (Å²) in [6, 6.07) is 1.48. The van der Waals surface area contributed by atoms with E-state index in [9.17, 15) is 4.79 Å². The molecule has 1 aliphatic rings. The maximum atomic E-state index is 11.6. The zero-order chi connectivity index (χ0) is 14.0. The zero-order valence-corrected chi connectivity index (χ0v) is 12.8. The minimum absolute atomic E-state index is 0.0846. The van der Waals surface area contributed by atoms with Crippen LogP contribution in [0, 0.1) is 11.3 Å². The van der Waals surface area contributed by atoms with Gasteiger partial charge in [0.05, 0.1) is 11.6 Å². The van der Waals surface area contributed by atoms with Crippen LogP contribution in [0.25, 0.3) is 0 Å². The molecule has 0 bridgehead atoms. The van der Waals surface area contributed by atoms with Gasteiger partial charge in [0.1, 0.15) is 5.82 Å². The topological polar surface area (TPSA) is 45.8 Å². The minimum Gasteiger partial charge on any atom is -0.310 e. The highest BCUT2D eigenvalue weighted by atomic mass is 35.5. The van der Waals surface area contributed by atoms with E-state index in [2.05, 4.69) is 30.7 Å². The van der Waals surface area contributed by atoms with E-state index in [1.54, 1.807) is 0 Å². The van der Waals surface area contributed by atoms with Gasteiger partial charge < -0.3 is 4.98 Å². The van der Waals surface area contributed by atoms with Crippen LogP contribution in [0.1, 0.15) is 63.9 Å². The van der Waals surface area contributed by atoms with E-state index in [4.69, 9.17) is 11.6 Å². The highest BCUT2D eigenvalue weighted by Gasteiger charge is 2.31. The summed E-state index contributed by atoms with van der Waals surface area (Å²) in [5, 5.41) is 0. The molecule has 0 radical (unpaired) electrons. The highest BCUT2D eigenvalue weighted by Crippen LogP contribution is 2.42. The smallest absolute Gasteiger partial charge is 0.251 e. The third-order valence-corrected chi connectivity index (χ3v) is 4.56. The number of rotatable bonds is 2. The summed E-state index contributed by atoms with van der Waals surface area (Å²) < 4.78 is 0. The van der Waals surface area contributed by atoms with Gasteiger partial charge >= 0.3 is 0 Å². The molecule has 1 aromatic heterocycles. The molecule has 19 heavy (non-hydrogen) atoms. The molecule has 0 aliphatic heterocycles. The highest BCUT2D eigenvalue weighted by molar-refractivity contribution is 6.16. The average Bonchev–Trinajstić information content (AvgIpc) is 2.37. The first-order valence-electron chi connectivity index (χ1n) is 7.06. The van der Waals surface area contributed by atoms with Crippen molar-refractivity contribution in [1.29, 1.82) is 0 Å². The van der Waals surface area contributed by atoms with Crippen LogP contribution in [0.15, 0.2) is 10.9 Å². The molecular weight excluding hydrogens is 260 g/mol. The molecule has 0 spiro atoms. The first kappa shape index (κ1) is 14.6. The van der Waals surface area contributed by atoms with Gasteiger partial charge in [0.2, 0.25) is 0 Å². The van der Waals surface area contributed by atoms with Crippen molar-refractivity contribution in [2.24, 2.45) is 11.3 Å². The zero-order valence-electron chi connectivity index (χ0n) is 12.0. The van der Waals surface area contributed by atoms with Gasteiger partial charge in [0.15, 0.2) is 0 Å². The summed E-state index contributed by atoms with van der Waals surface area (Å²) in [5.41, 5.74) is 0.973. The number of nitrogens with one attached hydrogen (secondary N) is 1. The van der Waals surface area contributed by atoms with Gasteiger partial charge in [-0.25, -0.2) is 4.98 Å². The molecule has 0 atom stereocenters. The Bertz CT molecular complexity index is 482. The molecule has 3 nitrogen and oxygen atoms in total. The predicted octanol–water partition coefficient (Wildman–Crippen LogP) is 3.83. The molecule has 2 rings (SSSR count). The molecule has 0 saturated heterocycles. The number of halogens is 1. The van der Waals surface area contributed by atoms with E-state index in [0.717, 1.165) is 24.6 Å². The lowest BCUT2D eigenvalue weighted by Crippen LogP contribution is -2.26. The van der Waals surface area contributed by atoms with Crippen LogP contribution in [-0.2, 0) is 5.88 Å². The van der Waals surface area contributed by atoms with Crippen molar-refractivity contribution >= 4 is 11.6 Å². The summed E-state index contributed by atoms with van der Waals surface area (Å²) in [6.45, 7) is 6.94. The summed E-state index contributed by atoms with van der Waals surface area (Å²) in [6.07, 6.45) is 4.64. The third kappa shape index (κ3) is 3.59. The van der Waals surface area contributed by atoms with Crippen molar-refractivity contribution in [2.75, 3.05) is 0 Å². The Labute approximate surface area is 119 Å². The Morgan fingerprint density at radius 2 is 1.95 bits per heavy atom. The monoisotopic (exact) mass is 282 g/mol. The second kappa shape index (κ2) is 5.66. The Morgan fingerprint density at radius 1 is 1.32 bits per heavy atom. The van der Waals surface area contributed by atoms with Gasteiger partial charge in [0.25, 0.3) is 5.56 Å². The summed E-state index contributed by atoms with van der Waals surface area (Å²) in [7, 11) is 0. The van der Waals surface area contributed by atoms with E-state index in [1.807, 2.05) is 0 Å². The van der Waals surface area contributed by atoms with Gasteiger partial charge in [-0.3, -0.25) is 4.79 Å². The fourth-order valence-corrected chi connectivity index (χ4v) is 3.16. The van der Waals surface area contributed by atoms with Crippen LogP contribution in [-0.4, -0.2) is 9.97 Å². The first-order chi connectivity index (χ1) is 8.90. The number of H-pyrrole nitrogens is 1. The number of hydrogen-bond acceptors (Lipinski definition) is 2. The van der Waals surface area contributed by atoms with Crippen molar-refractivity contribution in [2.45, 2.75) is 58.3 Å². The maximum absolute atomic E-state index is 11.6. The number of nitrogens with zero attached hydrogens (tertiary/aromatic N) is 1. The molecular formula is C15H23ClN2O. The summed E-state index contributed by atoms with van der Waals surface area (Å²) >= 11 is 5.78. The van der Waals surface area contributed by atoms with E-state index in [0.29, 0.717) is 22.9 Å². The van der Waals surface area contributed by atoms with Gasteiger partial charge in [-0.1, -0.05) is 20.8 Å². The van der Waals surface area contributed by atoms with E-state index in [-0.39, 0.29) is 5.56 Å². The fourth-order valence-electron chi connectivity index (χ4n) is 3.02. The van der Waals surface area contributed by atoms with Crippen LogP contribution >= 0.6 is 11.6 Å². The standard InChI is InChI=1S/C15H23ClN2O/c1-15(2,3)11-6-4-10(5-7-11)14-17-12(9-16)8-13(19)18-14/h8,10-11H,4-7,9H2,1-3H3,(H,17,18,19). The van der Waals surface area contributed by atoms with Crippen LogP contribution in [0.5, 0.6) is 0 Å². The van der Waals surface area contributed by atoms with Crippen molar-refractivity contribution in [3.05, 3.63) is 27.9 Å². The Morgan fingerprint density at radius 3 is 2.47 bits per heavy atom. The second-order valence-corrected chi connectivity index (χ2v) is 6.94. The van der Waals surface area contributed by atoms with E-state index < -0.39 is 0 Å². The normalized spacial score (nSPS) is 24.4. The first-order valence-corrected chi connectivity index (χ1v) is 7.59. The Kier molecular flexibility index (Phi) is 4.34. The van der Waals surface area contributed by atoms with E-state index in [1.165, 1.54) is 18.9 Å². The molecule has 4 heteroatoms. The lowest BCUT2D eigenvalue weighted by atomic mass is 9.69. The fraction of sp³-hybridized carbons (Fsp3) is 0.733. The van der Waals surface area contributed by atoms with Gasteiger partial charge in [0, 0.05) is 12.0 Å². The number of aromatic nitrogens is 2. The van der Waals surface area contributed by atoms with Crippen LogP contribution in [0.2, 0.25) is 0 Å². The van der Waals surface area contributed by atoms with Gasteiger partial charge in [-0.05, 0) is 37.0 Å². The third-order valence-electron chi connectivity index (χ3n) is 4.29. The Balaban J connectivity index is 2.09. The largest absolute Gasteiger partial charge is 0.310 e. The number of hydrogen-bond donors (Lipinski definition) is 1. The van der Waals surface area contributed by atoms with Gasteiger partial charge in [-0.15, -0.1) is 11.6 Å². The number of alkyl halides is 1. The average molecular weight is 283 g/mol. The molecule has 1 saturated carbocycles. The molecule has 0 aromatic carbocycles. The maximum Gasteiger partial charge on any atom is 0.251 e. The molecule has 0 amide bonds. The minimum atomic E-state index is -0.0846. The molecule has 1 fully saturated rings. The Hall–Kier alpha value is -0.830. The number of aromatic amines is 1. The van der Waals surface area contributed by atoms with Crippen LogP contribution in [0.4, 0.5) is 0 Å². The molecule has 1 N–H and O–H groups in total. The van der Waals surface area contributed by atoms with E-state index >= 15 is 0 Å². The van der Waals surface area contributed by atoms with Crippen molar-refractivity contribution in [1.82, 2.24) is 9.97 Å². The molecule has 1 aromatic rings. The molecule has 0 unspecified atom stereocenters. The summed E-state index contributed by atoms with van der Waals surface area (Å²) in [4.78, 5) is 18.9. The predicted molar refractivity (Wildman–Crippen MR) is 78.6 cm³/mol. The van der Waals surface area contributed by atoms with Gasteiger partial charge in [-0.2, -0.15) is 0 Å². The molecule has 106 valence electrons. The van der Waals surface area contributed by atoms with Crippen LogP contribution < -0.4 is 5.56 Å². The summed E-state index contributed by atoms with van der Waals surface area (Å²) in [5.74, 6) is 2.28. The van der Waals surface area contributed by atoms with Crippen molar-refractivity contribution < 1.29 is 0 Å². The molecule has 1 heterocycles. The van der Waals surface area contributed by atoms with Crippen LogP contribution in [0.3, 0.4) is 0 Å². The quantitative estimate of drug-likeness (QED) is 0.838. The lowest BCUT2D eigenvalue weighted by Gasteiger charge is -2.36. The second-order valence-electron chi connectivity index (χ2n) is 6.67. The van der Waals surface area contributed by atoms with Crippen molar-refractivity contribution in [3.63, 3.8) is 0 Å².